The maximum absolute atomic E-state index is 11.8. The number of rotatable bonds is 17. The van der Waals surface area contributed by atoms with Crippen LogP contribution in [0.25, 0.3) is 0 Å². The fourth-order valence-corrected chi connectivity index (χ4v) is 3.54. The molecule has 1 rings (SSSR count). The van der Waals surface area contributed by atoms with Crippen molar-refractivity contribution in [1.29, 1.82) is 0 Å². The van der Waals surface area contributed by atoms with Crippen molar-refractivity contribution in [3.8, 4) is 0 Å². The Morgan fingerprint density at radius 3 is 1.75 bits per heavy atom. The normalized spacial score (nSPS) is 11.9. The Kier molecular flexibility index (Phi) is 15.4. The molecule has 28 heavy (non-hydrogen) atoms. The van der Waals surface area contributed by atoms with Gasteiger partial charge in [-0.15, -0.1) is 0 Å². The lowest BCUT2D eigenvalue weighted by atomic mass is 10.0. The molecule has 1 atom stereocenters. The van der Waals surface area contributed by atoms with Gasteiger partial charge in [0.1, 0.15) is 6.10 Å². The fourth-order valence-electron chi connectivity index (χ4n) is 3.54. The second-order valence-corrected chi connectivity index (χ2v) is 8.09. The smallest absolute Gasteiger partial charge is 0.411 e. The molecule has 1 amide bonds. The molecule has 3 nitrogen and oxygen atoms in total. The van der Waals surface area contributed by atoms with Crippen LogP contribution in [0, 0.1) is 0 Å². The van der Waals surface area contributed by atoms with Gasteiger partial charge in [-0.25, -0.2) is 4.79 Å². The summed E-state index contributed by atoms with van der Waals surface area (Å²) in [5, 5.41) is 2.76. The van der Waals surface area contributed by atoms with Gasteiger partial charge in [-0.3, -0.25) is 5.32 Å². The number of hydrogen-bond acceptors (Lipinski definition) is 2. The van der Waals surface area contributed by atoms with E-state index in [0.29, 0.717) is 0 Å². The molecule has 0 aliphatic rings. The molecular weight excluding hydrogens is 346 g/mol. The van der Waals surface area contributed by atoms with E-state index in [1.165, 1.54) is 83.5 Å². The molecule has 0 fully saturated rings. The van der Waals surface area contributed by atoms with Gasteiger partial charge in [-0.2, -0.15) is 0 Å². The number of nitrogens with one attached hydrogen (secondary N) is 1. The van der Waals surface area contributed by atoms with Crippen LogP contribution in [-0.4, -0.2) is 12.2 Å². The Labute approximate surface area is 173 Å². The first kappa shape index (κ1) is 24.5. The van der Waals surface area contributed by atoms with Crippen LogP contribution in [0.4, 0.5) is 10.5 Å². The van der Waals surface area contributed by atoms with Gasteiger partial charge in [0, 0.05) is 5.69 Å². The van der Waals surface area contributed by atoms with Crippen molar-refractivity contribution >= 4 is 11.8 Å². The first-order valence-electron chi connectivity index (χ1n) is 11.7. The van der Waals surface area contributed by atoms with Crippen LogP contribution < -0.4 is 5.32 Å². The van der Waals surface area contributed by atoms with Crippen LogP contribution in [0.5, 0.6) is 0 Å². The maximum Gasteiger partial charge on any atom is 0.411 e. The molecule has 160 valence electrons. The minimum Gasteiger partial charge on any atom is -0.446 e. The lowest BCUT2D eigenvalue weighted by Crippen LogP contribution is -2.20. The van der Waals surface area contributed by atoms with Gasteiger partial charge in [0.2, 0.25) is 0 Å². The molecular formula is C25H43NO2. The van der Waals surface area contributed by atoms with Gasteiger partial charge in [-0.1, -0.05) is 109 Å². The van der Waals surface area contributed by atoms with Gasteiger partial charge in [-0.05, 0) is 31.9 Å². The van der Waals surface area contributed by atoms with E-state index in [0.717, 1.165) is 18.5 Å². The maximum atomic E-state index is 11.8. The Balaban J connectivity index is 1.84. The molecule has 0 heterocycles. The number of hydrogen-bond donors (Lipinski definition) is 1. The second kappa shape index (κ2) is 17.6. The van der Waals surface area contributed by atoms with Crippen molar-refractivity contribution in [2.24, 2.45) is 0 Å². The van der Waals surface area contributed by atoms with Crippen molar-refractivity contribution in [1.82, 2.24) is 0 Å². The van der Waals surface area contributed by atoms with E-state index >= 15 is 0 Å². The van der Waals surface area contributed by atoms with Crippen molar-refractivity contribution in [3.05, 3.63) is 30.3 Å². The molecule has 0 aliphatic heterocycles. The summed E-state index contributed by atoms with van der Waals surface area (Å²) in [6, 6.07) is 9.44. The summed E-state index contributed by atoms with van der Waals surface area (Å²) >= 11 is 0. The van der Waals surface area contributed by atoms with E-state index in [1.54, 1.807) is 0 Å². The number of benzene rings is 1. The minimum atomic E-state index is -0.357. The molecule has 0 saturated heterocycles. The van der Waals surface area contributed by atoms with E-state index in [1.807, 2.05) is 37.3 Å². The quantitative estimate of drug-likeness (QED) is 0.271. The lowest BCUT2D eigenvalue weighted by molar-refractivity contribution is 0.114. The number of amides is 1. The third-order valence-electron chi connectivity index (χ3n) is 5.29. The van der Waals surface area contributed by atoms with E-state index in [2.05, 4.69) is 12.2 Å². The summed E-state index contributed by atoms with van der Waals surface area (Å²) in [5.41, 5.74) is 0.774. The first-order valence-corrected chi connectivity index (χ1v) is 11.7. The topological polar surface area (TPSA) is 38.3 Å². The minimum absolute atomic E-state index is 0.0268. The number of carbonyl (C=O) groups is 1. The fraction of sp³-hybridized carbons (Fsp3) is 0.720. The molecule has 0 radical (unpaired) electrons. The molecule has 1 N–H and O–H groups in total. The van der Waals surface area contributed by atoms with Gasteiger partial charge in [0.15, 0.2) is 0 Å². The van der Waals surface area contributed by atoms with E-state index in [9.17, 15) is 4.79 Å². The molecule has 1 unspecified atom stereocenters. The zero-order valence-electron chi connectivity index (χ0n) is 18.4. The van der Waals surface area contributed by atoms with Crippen LogP contribution in [0.2, 0.25) is 0 Å². The predicted octanol–water partition coefficient (Wildman–Crippen LogP) is 8.50. The van der Waals surface area contributed by atoms with Crippen molar-refractivity contribution < 1.29 is 9.53 Å². The molecule has 0 spiro atoms. The Morgan fingerprint density at radius 1 is 0.786 bits per heavy atom. The summed E-state index contributed by atoms with van der Waals surface area (Å²) in [5.74, 6) is 0. The average molecular weight is 390 g/mol. The number of para-hydroxylation sites is 1. The van der Waals surface area contributed by atoms with Gasteiger partial charge in [0.25, 0.3) is 0 Å². The third-order valence-corrected chi connectivity index (χ3v) is 5.29. The van der Waals surface area contributed by atoms with Crippen LogP contribution in [0.15, 0.2) is 30.3 Å². The number of unbranched alkanes of at least 4 members (excludes halogenated alkanes) is 13. The highest BCUT2D eigenvalue weighted by Crippen LogP contribution is 2.14. The predicted molar refractivity (Wildman–Crippen MR) is 121 cm³/mol. The second-order valence-electron chi connectivity index (χ2n) is 8.09. The third kappa shape index (κ3) is 14.5. The molecule has 0 saturated carbocycles. The Hall–Kier alpha value is -1.51. The van der Waals surface area contributed by atoms with E-state index < -0.39 is 0 Å². The lowest BCUT2D eigenvalue weighted by Gasteiger charge is -2.13. The molecule has 3 heteroatoms. The Bertz CT molecular complexity index is 475. The standard InChI is InChI=1S/C25H43NO2/c1-3-4-5-6-7-8-9-10-11-12-13-14-15-17-20-23(2)28-25(27)26-24-21-18-16-19-22-24/h16,18-19,21-23H,3-15,17,20H2,1-2H3,(H,26,27). The molecule has 1 aromatic carbocycles. The molecule has 0 aromatic heterocycles. The van der Waals surface area contributed by atoms with E-state index in [-0.39, 0.29) is 12.2 Å². The van der Waals surface area contributed by atoms with Crippen molar-refractivity contribution in [3.63, 3.8) is 0 Å². The van der Waals surface area contributed by atoms with Crippen LogP contribution >= 0.6 is 0 Å². The summed E-state index contributed by atoms with van der Waals surface area (Å²) in [7, 11) is 0. The van der Waals surface area contributed by atoms with Gasteiger partial charge < -0.3 is 4.74 Å². The molecule has 1 aromatic rings. The van der Waals surface area contributed by atoms with Crippen LogP contribution in [-0.2, 0) is 4.74 Å². The Morgan fingerprint density at radius 2 is 1.25 bits per heavy atom. The van der Waals surface area contributed by atoms with Gasteiger partial charge in [0.05, 0.1) is 0 Å². The highest BCUT2D eigenvalue weighted by molar-refractivity contribution is 5.84. The van der Waals surface area contributed by atoms with Gasteiger partial charge >= 0.3 is 6.09 Å². The van der Waals surface area contributed by atoms with Crippen LogP contribution in [0.1, 0.15) is 110 Å². The number of carbonyl (C=O) groups excluding carboxylic acids is 1. The first-order chi connectivity index (χ1) is 13.7. The summed E-state index contributed by atoms with van der Waals surface area (Å²) in [4.78, 5) is 11.8. The average Bonchev–Trinajstić information content (AvgIpc) is 2.69. The highest BCUT2D eigenvalue weighted by Gasteiger charge is 2.09. The highest BCUT2D eigenvalue weighted by atomic mass is 16.6. The summed E-state index contributed by atoms with van der Waals surface area (Å²) in [6.07, 6.45) is 19.7. The van der Waals surface area contributed by atoms with Crippen LogP contribution in [0.3, 0.4) is 0 Å². The van der Waals surface area contributed by atoms with E-state index in [4.69, 9.17) is 4.74 Å². The monoisotopic (exact) mass is 389 g/mol. The summed E-state index contributed by atoms with van der Waals surface area (Å²) in [6.45, 7) is 4.26. The molecule has 0 bridgehead atoms. The molecule has 0 aliphatic carbocycles. The number of ether oxygens (including phenoxy) is 1. The van der Waals surface area contributed by atoms with Crippen molar-refractivity contribution in [2.45, 2.75) is 116 Å². The SMILES string of the molecule is CCCCCCCCCCCCCCCCC(C)OC(=O)Nc1ccccc1. The summed E-state index contributed by atoms with van der Waals surface area (Å²) < 4.78 is 5.42. The largest absolute Gasteiger partial charge is 0.446 e. The number of anilines is 1. The zero-order chi connectivity index (χ0) is 20.3. The zero-order valence-corrected chi connectivity index (χ0v) is 18.4. The van der Waals surface area contributed by atoms with Crippen molar-refractivity contribution in [2.75, 3.05) is 5.32 Å².